The molecular formula is C10H12N4O3S. The predicted octanol–water partition coefficient (Wildman–Crippen LogP) is 2.13. The Balaban J connectivity index is 2.42. The first-order valence-corrected chi connectivity index (χ1v) is 5.86. The van der Waals surface area contributed by atoms with E-state index in [9.17, 15) is 10.1 Å². The number of imidazole rings is 1. The molecule has 2 aromatic heterocycles. The van der Waals surface area contributed by atoms with Crippen molar-refractivity contribution in [3.05, 3.63) is 40.0 Å². The molecule has 18 heavy (non-hydrogen) atoms. The Morgan fingerprint density at radius 3 is 2.78 bits per heavy atom. The SMILES string of the molecule is CCn1c([N+](=O)[O-])cnc1C(S)c1ncc(C)o1. The van der Waals surface area contributed by atoms with Gasteiger partial charge in [-0.3, -0.25) is 0 Å². The van der Waals surface area contributed by atoms with Gasteiger partial charge in [-0.05, 0) is 18.8 Å². The molecule has 1 atom stereocenters. The van der Waals surface area contributed by atoms with Crippen molar-refractivity contribution in [3.8, 4) is 0 Å². The normalized spacial score (nSPS) is 12.6. The Morgan fingerprint density at radius 1 is 1.56 bits per heavy atom. The van der Waals surface area contributed by atoms with Crippen LogP contribution in [0.25, 0.3) is 0 Å². The average molecular weight is 268 g/mol. The summed E-state index contributed by atoms with van der Waals surface area (Å²) >= 11 is 4.37. The van der Waals surface area contributed by atoms with Crippen molar-refractivity contribution in [2.24, 2.45) is 0 Å². The first-order valence-electron chi connectivity index (χ1n) is 5.34. The zero-order valence-corrected chi connectivity index (χ0v) is 10.8. The van der Waals surface area contributed by atoms with Gasteiger partial charge >= 0.3 is 5.82 Å². The number of rotatable bonds is 4. The van der Waals surface area contributed by atoms with E-state index in [-0.39, 0.29) is 5.82 Å². The third-order valence-corrected chi connectivity index (χ3v) is 2.94. The number of nitrogens with zero attached hydrogens (tertiary/aromatic N) is 4. The molecule has 0 fully saturated rings. The van der Waals surface area contributed by atoms with Crippen LogP contribution in [-0.4, -0.2) is 19.5 Å². The molecule has 0 aliphatic carbocycles. The van der Waals surface area contributed by atoms with Gasteiger partial charge in [0.1, 0.15) is 12.0 Å². The second-order valence-electron chi connectivity index (χ2n) is 3.69. The van der Waals surface area contributed by atoms with Gasteiger partial charge in [0, 0.05) is 0 Å². The molecule has 0 saturated heterocycles. The van der Waals surface area contributed by atoms with Crippen LogP contribution in [0.5, 0.6) is 0 Å². The maximum Gasteiger partial charge on any atom is 0.342 e. The topological polar surface area (TPSA) is 87.0 Å². The predicted molar refractivity (Wildman–Crippen MR) is 66.6 cm³/mol. The summed E-state index contributed by atoms with van der Waals surface area (Å²) in [5.74, 6) is 1.43. The van der Waals surface area contributed by atoms with Crippen LogP contribution in [0.4, 0.5) is 5.82 Å². The fourth-order valence-corrected chi connectivity index (χ4v) is 2.00. The summed E-state index contributed by atoms with van der Waals surface area (Å²) in [6.45, 7) is 4.01. The molecule has 0 saturated carbocycles. The van der Waals surface area contributed by atoms with Crippen LogP contribution in [0.1, 0.15) is 29.6 Å². The second-order valence-corrected chi connectivity index (χ2v) is 4.20. The third kappa shape index (κ3) is 2.10. The van der Waals surface area contributed by atoms with E-state index in [1.807, 2.05) is 0 Å². The molecule has 96 valence electrons. The van der Waals surface area contributed by atoms with E-state index >= 15 is 0 Å². The number of hydrogen-bond donors (Lipinski definition) is 1. The lowest BCUT2D eigenvalue weighted by Gasteiger charge is -2.05. The molecule has 7 nitrogen and oxygen atoms in total. The average Bonchev–Trinajstić information content (AvgIpc) is 2.93. The lowest BCUT2D eigenvalue weighted by Crippen LogP contribution is -2.08. The minimum Gasteiger partial charge on any atom is -0.444 e. The van der Waals surface area contributed by atoms with Gasteiger partial charge in [-0.1, -0.05) is 0 Å². The van der Waals surface area contributed by atoms with E-state index in [1.165, 1.54) is 10.8 Å². The van der Waals surface area contributed by atoms with Crippen molar-refractivity contribution < 1.29 is 9.34 Å². The fraction of sp³-hybridized carbons (Fsp3) is 0.400. The van der Waals surface area contributed by atoms with Gasteiger partial charge in [-0.25, -0.2) is 14.5 Å². The number of aromatic nitrogens is 3. The van der Waals surface area contributed by atoms with E-state index in [0.29, 0.717) is 24.0 Å². The van der Waals surface area contributed by atoms with E-state index in [1.54, 1.807) is 20.0 Å². The van der Waals surface area contributed by atoms with Crippen molar-refractivity contribution in [1.82, 2.24) is 14.5 Å². The highest BCUT2D eigenvalue weighted by Crippen LogP contribution is 2.29. The van der Waals surface area contributed by atoms with Gasteiger partial charge in [0.2, 0.25) is 11.7 Å². The number of thiol groups is 1. The molecule has 0 amide bonds. The first-order chi connectivity index (χ1) is 8.54. The molecule has 8 heteroatoms. The van der Waals surface area contributed by atoms with Gasteiger partial charge in [-0.15, -0.1) is 0 Å². The van der Waals surface area contributed by atoms with Crippen LogP contribution < -0.4 is 0 Å². The molecule has 0 aliphatic heterocycles. The van der Waals surface area contributed by atoms with Gasteiger partial charge < -0.3 is 14.5 Å². The monoisotopic (exact) mass is 268 g/mol. The lowest BCUT2D eigenvalue weighted by atomic mass is 10.4. The summed E-state index contributed by atoms with van der Waals surface area (Å²) in [5.41, 5.74) is 0. The summed E-state index contributed by atoms with van der Waals surface area (Å²) < 4.78 is 6.84. The molecule has 0 bridgehead atoms. The van der Waals surface area contributed by atoms with Crippen molar-refractivity contribution in [2.45, 2.75) is 25.6 Å². The largest absolute Gasteiger partial charge is 0.444 e. The minimum absolute atomic E-state index is 0.0603. The Morgan fingerprint density at radius 2 is 2.28 bits per heavy atom. The van der Waals surface area contributed by atoms with Crippen molar-refractivity contribution >= 4 is 18.4 Å². The molecule has 0 N–H and O–H groups in total. The van der Waals surface area contributed by atoms with Crippen LogP contribution in [0.3, 0.4) is 0 Å². The second kappa shape index (κ2) is 4.81. The molecule has 0 aliphatic rings. The summed E-state index contributed by atoms with van der Waals surface area (Å²) in [6, 6.07) is 0. The molecule has 2 aromatic rings. The minimum atomic E-state index is -0.521. The number of aryl methyl sites for hydroxylation is 1. The molecule has 0 radical (unpaired) electrons. The summed E-state index contributed by atoms with van der Waals surface area (Å²) in [5, 5.41) is 10.3. The van der Waals surface area contributed by atoms with Gasteiger partial charge in [0.05, 0.1) is 12.7 Å². The summed E-state index contributed by atoms with van der Waals surface area (Å²) in [7, 11) is 0. The first kappa shape index (κ1) is 12.6. The van der Waals surface area contributed by atoms with E-state index in [0.717, 1.165) is 0 Å². The molecule has 0 spiro atoms. The van der Waals surface area contributed by atoms with Crippen LogP contribution in [-0.2, 0) is 6.54 Å². The molecule has 1 unspecified atom stereocenters. The summed E-state index contributed by atoms with van der Waals surface area (Å²) in [6.07, 6.45) is 2.80. The highest BCUT2D eigenvalue weighted by Gasteiger charge is 2.27. The van der Waals surface area contributed by atoms with E-state index < -0.39 is 10.2 Å². The Labute approximate surface area is 108 Å². The van der Waals surface area contributed by atoms with Gasteiger partial charge in [0.15, 0.2) is 5.25 Å². The van der Waals surface area contributed by atoms with Crippen molar-refractivity contribution in [1.29, 1.82) is 0 Å². The Bertz CT molecular complexity index is 577. The van der Waals surface area contributed by atoms with Crippen LogP contribution in [0, 0.1) is 17.0 Å². The smallest absolute Gasteiger partial charge is 0.342 e. The highest BCUT2D eigenvalue weighted by atomic mass is 32.1. The molecular weight excluding hydrogens is 256 g/mol. The van der Waals surface area contributed by atoms with Crippen molar-refractivity contribution in [2.75, 3.05) is 0 Å². The lowest BCUT2D eigenvalue weighted by molar-refractivity contribution is -0.392. The third-order valence-electron chi connectivity index (χ3n) is 2.49. The van der Waals surface area contributed by atoms with Gasteiger partial charge in [0.25, 0.3) is 0 Å². The fourth-order valence-electron chi connectivity index (χ4n) is 1.68. The maximum absolute atomic E-state index is 10.8. The zero-order valence-electron chi connectivity index (χ0n) is 9.90. The van der Waals surface area contributed by atoms with Gasteiger partial charge in [-0.2, -0.15) is 12.6 Å². The molecule has 2 heterocycles. The highest BCUT2D eigenvalue weighted by molar-refractivity contribution is 7.80. The van der Waals surface area contributed by atoms with Crippen LogP contribution in [0.15, 0.2) is 16.8 Å². The summed E-state index contributed by atoms with van der Waals surface area (Å²) in [4.78, 5) is 18.5. The van der Waals surface area contributed by atoms with E-state index in [2.05, 4.69) is 22.6 Å². The number of hydrogen-bond acceptors (Lipinski definition) is 6. The maximum atomic E-state index is 10.8. The molecule has 2 rings (SSSR count). The number of oxazole rings is 1. The quantitative estimate of drug-likeness (QED) is 0.521. The number of nitro groups is 1. The Kier molecular flexibility index (Phi) is 3.37. The Hall–Kier alpha value is -1.83. The van der Waals surface area contributed by atoms with Crippen LogP contribution >= 0.6 is 12.6 Å². The standard InChI is InChI=1S/C10H12N4O3S/c1-3-13-7(14(15)16)5-11-9(13)8(18)10-12-4-6(2)17-10/h4-5,8,18H,3H2,1-2H3. The molecule has 0 aromatic carbocycles. The van der Waals surface area contributed by atoms with Crippen LogP contribution in [0.2, 0.25) is 0 Å². The zero-order chi connectivity index (χ0) is 13.3. The van der Waals surface area contributed by atoms with Crippen molar-refractivity contribution in [3.63, 3.8) is 0 Å². The van der Waals surface area contributed by atoms with E-state index in [4.69, 9.17) is 4.42 Å².